The van der Waals surface area contributed by atoms with Crippen molar-refractivity contribution in [2.75, 3.05) is 39.1 Å². The van der Waals surface area contributed by atoms with Gasteiger partial charge in [-0.05, 0) is 36.8 Å². The Hall–Kier alpha value is -2.67. The van der Waals surface area contributed by atoms with E-state index >= 15 is 0 Å². The highest BCUT2D eigenvalue weighted by molar-refractivity contribution is 5.80. The van der Waals surface area contributed by atoms with Gasteiger partial charge in [-0.2, -0.15) is 0 Å². The number of hydrogen-bond donors (Lipinski definition) is 1. The molecule has 150 valence electrons. The van der Waals surface area contributed by atoms with E-state index in [0.717, 1.165) is 29.6 Å². The molecule has 0 amide bonds. The number of benzene rings is 1. The number of nitrogens with one attached hydrogen (secondary N) is 1. The van der Waals surface area contributed by atoms with Crippen LogP contribution in [0, 0.1) is 5.82 Å². The molecule has 3 rings (SSSR count). The lowest BCUT2D eigenvalue weighted by Gasteiger charge is -2.38. The number of halogens is 1. The Morgan fingerprint density at radius 1 is 1.25 bits per heavy atom. The molecule has 2 unspecified atom stereocenters. The van der Waals surface area contributed by atoms with Crippen molar-refractivity contribution in [1.82, 2.24) is 15.2 Å². The van der Waals surface area contributed by atoms with Gasteiger partial charge in [0.1, 0.15) is 17.7 Å². The zero-order chi connectivity index (χ0) is 20.1. The van der Waals surface area contributed by atoms with E-state index in [2.05, 4.69) is 20.2 Å². The highest BCUT2D eigenvalue weighted by Crippen LogP contribution is 2.25. The maximum absolute atomic E-state index is 13.2. The number of nitrogens with zero attached hydrogens (tertiary/aromatic N) is 4. The number of anilines is 1. The number of aliphatic imine (C=N–C) groups is 1. The summed E-state index contributed by atoms with van der Waals surface area (Å²) in [5, 5.41) is 3.40. The molecule has 2 aromatic rings. The van der Waals surface area contributed by atoms with Crippen molar-refractivity contribution in [3.63, 3.8) is 0 Å². The number of aromatic nitrogens is 1. The summed E-state index contributed by atoms with van der Waals surface area (Å²) in [5.41, 5.74) is 1.91. The van der Waals surface area contributed by atoms with Gasteiger partial charge in [-0.25, -0.2) is 9.37 Å². The quantitative estimate of drug-likeness (QED) is 0.648. The first-order valence-electron chi connectivity index (χ1n) is 9.46. The number of rotatable bonds is 4. The van der Waals surface area contributed by atoms with E-state index in [1.54, 1.807) is 19.2 Å². The van der Waals surface area contributed by atoms with Crippen LogP contribution in [0.5, 0.6) is 0 Å². The SMILES string of the molecule is CN=C(NCc1cccc(N(C)C)n1)N1CC(C)OC(c2ccc(F)cc2)C1. The minimum absolute atomic E-state index is 0.0394. The van der Waals surface area contributed by atoms with Gasteiger partial charge < -0.3 is 19.9 Å². The van der Waals surface area contributed by atoms with Gasteiger partial charge in [0, 0.05) is 27.7 Å². The van der Waals surface area contributed by atoms with Gasteiger partial charge in [0.2, 0.25) is 0 Å². The molecule has 1 aliphatic heterocycles. The molecule has 0 saturated carbocycles. The molecule has 0 bridgehead atoms. The smallest absolute Gasteiger partial charge is 0.194 e. The lowest BCUT2D eigenvalue weighted by molar-refractivity contribution is -0.0605. The summed E-state index contributed by atoms with van der Waals surface area (Å²) < 4.78 is 19.3. The predicted octanol–water partition coefficient (Wildman–Crippen LogP) is 2.82. The predicted molar refractivity (Wildman–Crippen MR) is 110 cm³/mol. The summed E-state index contributed by atoms with van der Waals surface area (Å²) in [6.07, 6.45) is -0.0874. The monoisotopic (exact) mass is 385 g/mol. The molecule has 6 nitrogen and oxygen atoms in total. The lowest BCUT2D eigenvalue weighted by Crippen LogP contribution is -2.50. The summed E-state index contributed by atoms with van der Waals surface area (Å²) in [5.74, 6) is 1.49. The van der Waals surface area contributed by atoms with Crippen LogP contribution in [-0.4, -0.2) is 56.2 Å². The van der Waals surface area contributed by atoms with Gasteiger partial charge in [-0.15, -0.1) is 0 Å². The standard InChI is InChI=1S/C21H28FN5O/c1-15-13-27(14-19(28-15)16-8-10-17(22)11-9-16)21(23-2)24-12-18-6-5-7-20(25-18)26(3)4/h5-11,15,19H,12-14H2,1-4H3,(H,23,24). The Morgan fingerprint density at radius 2 is 2.00 bits per heavy atom. The average Bonchev–Trinajstić information content (AvgIpc) is 2.69. The number of guanidine groups is 1. The third kappa shape index (κ3) is 4.98. The molecular weight excluding hydrogens is 357 g/mol. The second-order valence-electron chi connectivity index (χ2n) is 7.17. The van der Waals surface area contributed by atoms with Crippen LogP contribution in [-0.2, 0) is 11.3 Å². The molecule has 1 aromatic heterocycles. The van der Waals surface area contributed by atoms with E-state index in [1.165, 1.54) is 12.1 Å². The maximum atomic E-state index is 13.2. The summed E-state index contributed by atoms with van der Waals surface area (Å²) >= 11 is 0. The van der Waals surface area contributed by atoms with Gasteiger partial charge in [0.25, 0.3) is 0 Å². The lowest BCUT2D eigenvalue weighted by atomic mass is 10.1. The third-order valence-electron chi connectivity index (χ3n) is 4.69. The van der Waals surface area contributed by atoms with Crippen molar-refractivity contribution in [1.29, 1.82) is 0 Å². The second-order valence-corrected chi connectivity index (χ2v) is 7.17. The van der Waals surface area contributed by atoms with Crippen LogP contribution < -0.4 is 10.2 Å². The average molecular weight is 385 g/mol. The van der Waals surface area contributed by atoms with E-state index in [0.29, 0.717) is 13.1 Å². The van der Waals surface area contributed by atoms with Crippen molar-refractivity contribution in [3.8, 4) is 0 Å². The molecule has 1 aromatic carbocycles. The van der Waals surface area contributed by atoms with E-state index in [-0.39, 0.29) is 18.0 Å². The topological polar surface area (TPSA) is 53.0 Å². The number of ether oxygens (including phenoxy) is 1. The highest BCUT2D eigenvalue weighted by Gasteiger charge is 2.28. The fourth-order valence-electron chi connectivity index (χ4n) is 3.30. The minimum atomic E-state index is -0.241. The molecule has 0 aliphatic carbocycles. The zero-order valence-corrected chi connectivity index (χ0v) is 16.9. The van der Waals surface area contributed by atoms with Crippen LogP contribution in [0.25, 0.3) is 0 Å². The molecule has 0 spiro atoms. The van der Waals surface area contributed by atoms with Crippen molar-refractivity contribution >= 4 is 11.8 Å². The van der Waals surface area contributed by atoms with Crippen molar-refractivity contribution in [3.05, 3.63) is 59.5 Å². The molecule has 1 aliphatic rings. The Kier molecular flexibility index (Phi) is 6.46. The van der Waals surface area contributed by atoms with Crippen molar-refractivity contribution < 1.29 is 9.13 Å². The number of pyridine rings is 1. The van der Waals surface area contributed by atoms with Gasteiger partial charge in [0.05, 0.1) is 24.9 Å². The molecule has 1 N–H and O–H groups in total. The van der Waals surface area contributed by atoms with Gasteiger partial charge in [-0.3, -0.25) is 4.99 Å². The van der Waals surface area contributed by atoms with Crippen molar-refractivity contribution in [2.45, 2.75) is 25.7 Å². The Bertz CT molecular complexity index is 809. The van der Waals surface area contributed by atoms with E-state index in [9.17, 15) is 4.39 Å². The summed E-state index contributed by atoms with van der Waals surface area (Å²) in [4.78, 5) is 13.2. The number of morpholine rings is 1. The molecule has 7 heteroatoms. The fourth-order valence-corrected chi connectivity index (χ4v) is 3.30. The largest absolute Gasteiger partial charge is 0.367 e. The van der Waals surface area contributed by atoms with E-state index in [1.807, 2.05) is 44.1 Å². The van der Waals surface area contributed by atoms with E-state index < -0.39 is 0 Å². The summed E-state index contributed by atoms with van der Waals surface area (Å²) in [6.45, 7) is 4.02. The molecule has 1 saturated heterocycles. The first kappa shape index (κ1) is 20.1. The number of hydrogen-bond acceptors (Lipinski definition) is 4. The summed E-state index contributed by atoms with van der Waals surface area (Å²) in [6, 6.07) is 12.5. The zero-order valence-electron chi connectivity index (χ0n) is 16.9. The Morgan fingerprint density at radius 3 is 2.68 bits per heavy atom. The maximum Gasteiger partial charge on any atom is 0.194 e. The third-order valence-corrected chi connectivity index (χ3v) is 4.69. The molecule has 0 radical (unpaired) electrons. The Balaban J connectivity index is 1.67. The van der Waals surface area contributed by atoms with Gasteiger partial charge >= 0.3 is 0 Å². The molecule has 2 heterocycles. The van der Waals surface area contributed by atoms with E-state index in [4.69, 9.17) is 4.74 Å². The van der Waals surface area contributed by atoms with Gasteiger partial charge in [-0.1, -0.05) is 18.2 Å². The van der Waals surface area contributed by atoms with Crippen LogP contribution >= 0.6 is 0 Å². The minimum Gasteiger partial charge on any atom is -0.367 e. The molecule has 1 fully saturated rings. The van der Waals surface area contributed by atoms with Crippen LogP contribution in [0.15, 0.2) is 47.5 Å². The van der Waals surface area contributed by atoms with Crippen molar-refractivity contribution in [2.24, 2.45) is 4.99 Å². The molecular formula is C21H28FN5O. The first-order valence-corrected chi connectivity index (χ1v) is 9.46. The molecule has 28 heavy (non-hydrogen) atoms. The van der Waals surface area contributed by atoms with Crippen LogP contribution in [0.3, 0.4) is 0 Å². The normalized spacial score (nSPS) is 20.2. The molecule has 2 atom stereocenters. The van der Waals surface area contributed by atoms with Crippen LogP contribution in [0.2, 0.25) is 0 Å². The van der Waals surface area contributed by atoms with Crippen LogP contribution in [0.4, 0.5) is 10.2 Å². The Labute approximate surface area is 166 Å². The van der Waals surface area contributed by atoms with Crippen LogP contribution in [0.1, 0.15) is 24.3 Å². The fraction of sp³-hybridized carbons (Fsp3) is 0.429. The first-order chi connectivity index (χ1) is 13.5. The van der Waals surface area contributed by atoms with Gasteiger partial charge in [0.15, 0.2) is 5.96 Å². The second kappa shape index (κ2) is 9.01. The highest BCUT2D eigenvalue weighted by atomic mass is 19.1. The summed E-state index contributed by atoms with van der Waals surface area (Å²) in [7, 11) is 5.73.